The monoisotopic (exact) mass is 250 g/mol. The van der Waals surface area contributed by atoms with Crippen molar-refractivity contribution in [2.75, 3.05) is 13.2 Å². The van der Waals surface area contributed by atoms with Crippen LogP contribution in [-0.4, -0.2) is 30.1 Å². The zero-order chi connectivity index (χ0) is 13.4. The molecule has 1 aromatic rings. The van der Waals surface area contributed by atoms with Gasteiger partial charge in [-0.2, -0.15) is 0 Å². The number of amides is 2. The predicted molar refractivity (Wildman–Crippen MR) is 67.7 cm³/mol. The van der Waals surface area contributed by atoms with Crippen LogP contribution in [0.3, 0.4) is 0 Å². The second-order valence-electron chi connectivity index (χ2n) is 3.95. The number of nitrogens with one attached hydrogen (secondary N) is 2. The molecule has 5 nitrogen and oxygen atoms in total. The van der Waals surface area contributed by atoms with Crippen LogP contribution in [0, 0.1) is 0 Å². The Morgan fingerprint density at radius 2 is 1.94 bits per heavy atom. The molecule has 0 fully saturated rings. The van der Waals surface area contributed by atoms with Crippen LogP contribution in [0.15, 0.2) is 30.3 Å². The number of rotatable bonds is 6. The Hall–Kier alpha value is -1.88. The molecule has 0 radical (unpaired) electrons. The largest absolute Gasteiger partial charge is 0.394 e. The van der Waals surface area contributed by atoms with Crippen LogP contribution in [0.5, 0.6) is 0 Å². The highest BCUT2D eigenvalue weighted by atomic mass is 16.3. The van der Waals surface area contributed by atoms with Crippen molar-refractivity contribution in [3.8, 4) is 0 Å². The fraction of sp³-hybridized carbons (Fsp3) is 0.385. The quantitative estimate of drug-likeness (QED) is 0.682. The maximum Gasteiger partial charge on any atom is 0.222 e. The summed E-state index contributed by atoms with van der Waals surface area (Å²) in [6.07, 6.45) is 0.197. The van der Waals surface area contributed by atoms with E-state index in [4.69, 9.17) is 0 Å². The third kappa shape index (κ3) is 4.97. The summed E-state index contributed by atoms with van der Waals surface area (Å²) in [5, 5.41) is 14.5. The van der Waals surface area contributed by atoms with Crippen LogP contribution in [0.25, 0.3) is 0 Å². The van der Waals surface area contributed by atoms with Crippen molar-refractivity contribution in [1.82, 2.24) is 10.6 Å². The Morgan fingerprint density at radius 1 is 1.28 bits per heavy atom. The molecule has 5 heteroatoms. The minimum atomic E-state index is -0.406. The Bertz CT molecular complexity index is 392. The van der Waals surface area contributed by atoms with Crippen molar-refractivity contribution in [3.63, 3.8) is 0 Å². The molecule has 98 valence electrons. The van der Waals surface area contributed by atoms with Crippen LogP contribution < -0.4 is 10.6 Å². The molecule has 1 rings (SSSR count). The minimum Gasteiger partial charge on any atom is -0.394 e. The summed E-state index contributed by atoms with van der Waals surface area (Å²) in [4.78, 5) is 22.2. The summed E-state index contributed by atoms with van der Waals surface area (Å²) >= 11 is 0. The van der Waals surface area contributed by atoms with Crippen molar-refractivity contribution in [2.45, 2.75) is 19.4 Å². The number of carbonyl (C=O) groups excluding carboxylic acids is 2. The van der Waals surface area contributed by atoms with Gasteiger partial charge in [-0.05, 0) is 5.56 Å². The highest BCUT2D eigenvalue weighted by Crippen LogP contribution is 2.11. The fourth-order valence-electron chi connectivity index (χ4n) is 1.54. The van der Waals surface area contributed by atoms with E-state index in [2.05, 4.69) is 10.6 Å². The Balaban J connectivity index is 2.44. The van der Waals surface area contributed by atoms with E-state index in [0.29, 0.717) is 6.54 Å². The van der Waals surface area contributed by atoms with E-state index in [1.165, 1.54) is 6.92 Å². The molecule has 0 saturated heterocycles. The summed E-state index contributed by atoms with van der Waals surface area (Å²) in [6, 6.07) is 8.85. The first-order valence-corrected chi connectivity index (χ1v) is 5.83. The van der Waals surface area contributed by atoms with Gasteiger partial charge in [0.15, 0.2) is 0 Å². The molecule has 0 saturated carbocycles. The second-order valence-corrected chi connectivity index (χ2v) is 3.95. The maximum absolute atomic E-state index is 11.6. The molecule has 0 bridgehead atoms. The highest BCUT2D eigenvalue weighted by Gasteiger charge is 2.12. The molecular weight excluding hydrogens is 232 g/mol. The average Bonchev–Trinajstić information content (AvgIpc) is 2.36. The lowest BCUT2D eigenvalue weighted by molar-refractivity contribution is -0.122. The zero-order valence-corrected chi connectivity index (χ0v) is 10.3. The second kappa shape index (κ2) is 7.45. The molecular formula is C13H18N2O3. The molecule has 0 aliphatic rings. The van der Waals surface area contributed by atoms with Gasteiger partial charge in [-0.15, -0.1) is 0 Å². The lowest BCUT2D eigenvalue weighted by atomic mass is 10.1. The van der Waals surface area contributed by atoms with Gasteiger partial charge in [0.05, 0.1) is 12.6 Å². The molecule has 0 spiro atoms. The Morgan fingerprint density at radius 3 is 2.50 bits per heavy atom. The Labute approximate surface area is 106 Å². The SMILES string of the molecule is CC(=O)NCCC(=O)N[C@H](CO)c1ccccc1. The highest BCUT2D eigenvalue weighted by molar-refractivity contribution is 5.78. The first-order chi connectivity index (χ1) is 8.63. The van der Waals surface area contributed by atoms with Gasteiger partial charge >= 0.3 is 0 Å². The van der Waals surface area contributed by atoms with Crippen molar-refractivity contribution >= 4 is 11.8 Å². The molecule has 1 atom stereocenters. The third-order valence-corrected chi connectivity index (χ3v) is 2.45. The molecule has 18 heavy (non-hydrogen) atoms. The van der Waals surface area contributed by atoms with Gasteiger partial charge in [0.25, 0.3) is 0 Å². The van der Waals surface area contributed by atoms with Crippen molar-refractivity contribution in [3.05, 3.63) is 35.9 Å². The van der Waals surface area contributed by atoms with Crippen molar-refractivity contribution in [2.24, 2.45) is 0 Å². The lowest BCUT2D eigenvalue weighted by Gasteiger charge is -2.16. The van der Waals surface area contributed by atoms with E-state index in [-0.39, 0.29) is 24.8 Å². The first kappa shape index (κ1) is 14.2. The molecule has 3 N–H and O–H groups in total. The smallest absolute Gasteiger partial charge is 0.222 e. The number of aliphatic hydroxyl groups excluding tert-OH is 1. The average molecular weight is 250 g/mol. The molecule has 0 unspecified atom stereocenters. The summed E-state index contributed by atoms with van der Waals surface area (Å²) in [7, 11) is 0. The normalized spacial score (nSPS) is 11.7. The molecule has 0 aliphatic carbocycles. The molecule has 1 aromatic carbocycles. The zero-order valence-electron chi connectivity index (χ0n) is 10.3. The number of carbonyl (C=O) groups is 2. The summed E-state index contributed by atoms with van der Waals surface area (Å²) in [5.41, 5.74) is 0.855. The summed E-state index contributed by atoms with van der Waals surface area (Å²) < 4.78 is 0. The maximum atomic E-state index is 11.6. The Kier molecular flexibility index (Phi) is 5.87. The van der Waals surface area contributed by atoms with Crippen LogP contribution in [-0.2, 0) is 9.59 Å². The number of hydrogen-bond donors (Lipinski definition) is 3. The minimum absolute atomic E-state index is 0.157. The van der Waals surface area contributed by atoms with Crippen molar-refractivity contribution in [1.29, 1.82) is 0 Å². The van der Waals surface area contributed by atoms with Crippen LogP contribution in [0.2, 0.25) is 0 Å². The van der Waals surface area contributed by atoms with Crippen LogP contribution in [0.4, 0.5) is 0 Å². The van der Waals surface area contributed by atoms with Gasteiger partial charge in [0.1, 0.15) is 0 Å². The first-order valence-electron chi connectivity index (χ1n) is 5.83. The van der Waals surface area contributed by atoms with Crippen LogP contribution in [0.1, 0.15) is 24.9 Å². The summed E-state index contributed by atoms with van der Waals surface area (Å²) in [6.45, 7) is 1.54. The third-order valence-electron chi connectivity index (χ3n) is 2.45. The van der Waals surface area contributed by atoms with E-state index in [1.54, 1.807) is 0 Å². The van der Waals surface area contributed by atoms with E-state index in [9.17, 15) is 14.7 Å². The van der Waals surface area contributed by atoms with Gasteiger partial charge in [0, 0.05) is 19.9 Å². The summed E-state index contributed by atoms with van der Waals surface area (Å²) in [5.74, 6) is -0.365. The lowest BCUT2D eigenvalue weighted by Crippen LogP contribution is -2.33. The topological polar surface area (TPSA) is 78.4 Å². The van der Waals surface area contributed by atoms with Gasteiger partial charge in [-0.25, -0.2) is 0 Å². The molecule has 2 amide bonds. The number of benzene rings is 1. The van der Waals surface area contributed by atoms with E-state index in [0.717, 1.165) is 5.56 Å². The van der Waals surface area contributed by atoms with Crippen molar-refractivity contribution < 1.29 is 14.7 Å². The van der Waals surface area contributed by atoms with Crippen LogP contribution >= 0.6 is 0 Å². The van der Waals surface area contributed by atoms with Gasteiger partial charge in [-0.1, -0.05) is 30.3 Å². The fourth-order valence-corrected chi connectivity index (χ4v) is 1.54. The molecule has 0 aromatic heterocycles. The van der Waals surface area contributed by atoms with Gasteiger partial charge in [-0.3, -0.25) is 9.59 Å². The van der Waals surface area contributed by atoms with Gasteiger partial charge < -0.3 is 15.7 Å². The molecule has 0 heterocycles. The van der Waals surface area contributed by atoms with E-state index < -0.39 is 6.04 Å². The van der Waals surface area contributed by atoms with Gasteiger partial charge in [0.2, 0.25) is 11.8 Å². The predicted octanol–water partition coefficient (Wildman–Crippen LogP) is 0.362. The number of aliphatic hydroxyl groups is 1. The van der Waals surface area contributed by atoms with E-state index in [1.807, 2.05) is 30.3 Å². The standard InChI is InChI=1S/C13H18N2O3/c1-10(17)14-8-7-13(18)15-12(9-16)11-5-3-2-4-6-11/h2-6,12,16H,7-9H2,1H3,(H,14,17)(H,15,18)/t12-/m1/s1. The number of hydrogen-bond acceptors (Lipinski definition) is 3. The molecule has 0 aliphatic heterocycles. The van der Waals surface area contributed by atoms with E-state index >= 15 is 0 Å².